The molecule has 0 saturated carbocycles. The maximum atomic E-state index is 6.90. The van der Waals surface area contributed by atoms with Crippen LogP contribution in [0.1, 0.15) is 101 Å². The number of benzene rings is 8. The highest BCUT2D eigenvalue weighted by molar-refractivity contribution is 6.10. The van der Waals surface area contributed by atoms with Gasteiger partial charge in [0.25, 0.3) is 0 Å². The number of aromatic nitrogens is 2. The monoisotopic (exact) mass is 941 g/mol. The van der Waals surface area contributed by atoms with Gasteiger partial charge in [-0.2, -0.15) is 0 Å². The molecule has 0 bridgehead atoms. The lowest BCUT2D eigenvalue weighted by Gasteiger charge is -2.33. The second-order valence-electron chi connectivity index (χ2n) is 22.2. The predicted molar refractivity (Wildman–Crippen MR) is 302 cm³/mol. The van der Waals surface area contributed by atoms with Gasteiger partial charge in [0.15, 0.2) is 0 Å². The Hall–Kier alpha value is -7.89. The number of hydrogen-bond donors (Lipinski definition) is 0. The molecule has 0 radical (unpaired) electrons. The summed E-state index contributed by atoms with van der Waals surface area (Å²) in [6, 6.07) is 74.9. The molecule has 1 aliphatic heterocycles. The maximum Gasteiger partial charge on any atom is 0.137 e. The summed E-state index contributed by atoms with van der Waals surface area (Å²) >= 11 is 0. The number of rotatable bonds is 11. The zero-order valence-corrected chi connectivity index (χ0v) is 43.1. The van der Waals surface area contributed by atoms with E-state index >= 15 is 0 Å². The molecule has 8 aromatic carbocycles. The maximum absolute atomic E-state index is 6.90. The molecule has 0 unspecified atom stereocenters. The summed E-state index contributed by atoms with van der Waals surface area (Å²) in [5, 5.41) is 2.34. The summed E-state index contributed by atoms with van der Waals surface area (Å²) in [5.74, 6) is 2.41. The molecular formula is C67H64N4O. The van der Waals surface area contributed by atoms with Crippen LogP contribution < -0.4 is 14.5 Å². The normalized spacial score (nSPS) is 13.2. The van der Waals surface area contributed by atoms with Crippen LogP contribution >= 0.6 is 0 Å². The van der Waals surface area contributed by atoms with Crippen molar-refractivity contribution in [2.24, 2.45) is 0 Å². The van der Waals surface area contributed by atoms with E-state index in [0.717, 1.165) is 45.1 Å². The quantitative estimate of drug-likeness (QED) is 0.129. The Kier molecular flexibility index (Phi) is 11.5. The third-order valence-electron chi connectivity index (χ3n) is 15.6. The van der Waals surface area contributed by atoms with Crippen molar-refractivity contribution < 1.29 is 4.74 Å². The second-order valence-corrected chi connectivity index (χ2v) is 22.2. The Labute approximate surface area is 426 Å². The van der Waals surface area contributed by atoms with Crippen LogP contribution in [0.5, 0.6) is 11.5 Å². The summed E-state index contributed by atoms with van der Waals surface area (Å²) in [6.07, 6.45) is 1.94. The lowest BCUT2D eigenvalue weighted by molar-refractivity contribution is 0.483. The molecule has 0 saturated heterocycles. The number of anilines is 4. The molecule has 0 fully saturated rings. The standard InChI is InChI=1S/C67H64N4O/c1-64(2,3)49-36-37-68-63(42-49)71-59-35-32-50(65(4,5)46-22-13-10-14-23-46)41-58(59)57-34-33-56(44-62(57)71)72-55-29-21-28-53(43-55)69-45-70(61-31-20-19-30-60(61)69)54-39-51(66(6,7)47-24-15-11-16-25-47)38-52(40-54)67(8,9)48-26-17-12-18-27-48/h10-44H,45H2,1-9H3. The summed E-state index contributed by atoms with van der Waals surface area (Å²) < 4.78 is 9.21. The van der Waals surface area contributed by atoms with Crippen LogP contribution in [-0.4, -0.2) is 16.2 Å². The van der Waals surface area contributed by atoms with Crippen LogP contribution in [0.2, 0.25) is 0 Å². The fourth-order valence-corrected chi connectivity index (χ4v) is 10.8. The predicted octanol–water partition coefficient (Wildman–Crippen LogP) is 17.5. The Bertz CT molecular complexity index is 3530. The van der Waals surface area contributed by atoms with Crippen molar-refractivity contribution in [3.8, 4) is 17.3 Å². The molecule has 5 heteroatoms. The average Bonchev–Trinajstić information content (AvgIpc) is 3.95. The van der Waals surface area contributed by atoms with Crippen LogP contribution in [0.25, 0.3) is 27.6 Å². The zero-order valence-electron chi connectivity index (χ0n) is 43.1. The van der Waals surface area contributed by atoms with Crippen molar-refractivity contribution in [2.75, 3.05) is 16.5 Å². The minimum absolute atomic E-state index is 0.0406. The van der Waals surface area contributed by atoms with Gasteiger partial charge in [-0.05, 0) is 117 Å². The molecule has 72 heavy (non-hydrogen) atoms. The molecule has 3 heterocycles. The Balaban J connectivity index is 0.969. The molecular weight excluding hydrogens is 877 g/mol. The van der Waals surface area contributed by atoms with Gasteiger partial charge in [-0.15, -0.1) is 0 Å². The number of nitrogens with zero attached hydrogens (tertiary/aromatic N) is 4. The van der Waals surface area contributed by atoms with Crippen molar-refractivity contribution in [3.63, 3.8) is 0 Å². The van der Waals surface area contributed by atoms with E-state index < -0.39 is 0 Å². The third kappa shape index (κ3) is 8.31. The van der Waals surface area contributed by atoms with Gasteiger partial charge in [0.1, 0.15) is 24.0 Å². The van der Waals surface area contributed by atoms with Gasteiger partial charge in [0.2, 0.25) is 0 Å². The Morgan fingerprint density at radius 1 is 0.375 bits per heavy atom. The van der Waals surface area contributed by atoms with Gasteiger partial charge in [-0.3, -0.25) is 4.57 Å². The van der Waals surface area contributed by atoms with Gasteiger partial charge in [0.05, 0.1) is 22.4 Å². The molecule has 0 aliphatic carbocycles. The lowest BCUT2D eigenvalue weighted by atomic mass is 9.73. The molecule has 1 aliphatic rings. The van der Waals surface area contributed by atoms with Crippen LogP contribution in [0.15, 0.2) is 212 Å². The van der Waals surface area contributed by atoms with E-state index in [1.165, 1.54) is 55.7 Å². The van der Waals surface area contributed by atoms with Crippen molar-refractivity contribution in [1.82, 2.24) is 9.55 Å². The van der Waals surface area contributed by atoms with Crippen molar-refractivity contribution in [1.29, 1.82) is 0 Å². The second kappa shape index (κ2) is 17.8. The molecule has 5 nitrogen and oxygen atoms in total. The molecule has 0 N–H and O–H groups in total. The number of para-hydroxylation sites is 2. The van der Waals surface area contributed by atoms with Gasteiger partial charge in [-0.1, -0.05) is 184 Å². The molecule has 11 rings (SSSR count). The number of hydrogen-bond acceptors (Lipinski definition) is 4. The first-order valence-corrected chi connectivity index (χ1v) is 25.4. The molecule has 0 amide bonds. The van der Waals surface area contributed by atoms with Crippen LogP contribution in [0.3, 0.4) is 0 Å². The van der Waals surface area contributed by atoms with Crippen molar-refractivity contribution >= 4 is 44.6 Å². The Morgan fingerprint density at radius 3 is 1.50 bits per heavy atom. The highest BCUT2D eigenvalue weighted by Gasteiger charge is 2.34. The fraction of sp³-hybridized carbons (Fsp3) is 0.209. The van der Waals surface area contributed by atoms with Crippen molar-refractivity contribution in [3.05, 3.63) is 251 Å². The van der Waals surface area contributed by atoms with E-state index in [4.69, 9.17) is 9.72 Å². The fourth-order valence-electron chi connectivity index (χ4n) is 10.8. The molecule has 2 aromatic heterocycles. The molecule has 0 spiro atoms. The first-order chi connectivity index (χ1) is 34.6. The minimum atomic E-state index is -0.240. The molecule has 10 aromatic rings. The Morgan fingerprint density at radius 2 is 0.917 bits per heavy atom. The van der Waals surface area contributed by atoms with E-state index in [1.54, 1.807) is 0 Å². The lowest BCUT2D eigenvalue weighted by Crippen LogP contribution is -2.27. The van der Waals surface area contributed by atoms with E-state index in [9.17, 15) is 0 Å². The number of pyridine rings is 1. The van der Waals surface area contributed by atoms with Crippen LogP contribution in [0, 0.1) is 0 Å². The smallest absolute Gasteiger partial charge is 0.137 e. The van der Waals surface area contributed by atoms with E-state index in [-0.39, 0.29) is 21.7 Å². The third-order valence-corrected chi connectivity index (χ3v) is 15.6. The molecule has 0 atom stereocenters. The number of ether oxygens (including phenoxy) is 1. The average molecular weight is 941 g/mol. The minimum Gasteiger partial charge on any atom is -0.457 e. The van der Waals surface area contributed by atoms with E-state index in [2.05, 4.69) is 283 Å². The van der Waals surface area contributed by atoms with Crippen LogP contribution in [0.4, 0.5) is 22.7 Å². The van der Waals surface area contributed by atoms with Gasteiger partial charge in [0, 0.05) is 56.7 Å². The topological polar surface area (TPSA) is 33.5 Å². The summed E-state index contributed by atoms with van der Waals surface area (Å²) in [5.41, 5.74) is 14.9. The highest BCUT2D eigenvalue weighted by atomic mass is 16.5. The van der Waals surface area contributed by atoms with E-state index in [0.29, 0.717) is 6.67 Å². The summed E-state index contributed by atoms with van der Waals surface area (Å²) in [7, 11) is 0. The van der Waals surface area contributed by atoms with Gasteiger partial charge < -0.3 is 14.5 Å². The summed E-state index contributed by atoms with van der Waals surface area (Å²) in [6.45, 7) is 21.4. The number of fused-ring (bicyclic) bond motifs is 4. The summed E-state index contributed by atoms with van der Waals surface area (Å²) in [4.78, 5) is 9.88. The molecule has 358 valence electrons. The first kappa shape index (κ1) is 46.5. The van der Waals surface area contributed by atoms with Crippen LogP contribution in [-0.2, 0) is 21.7 Å². The van der Waals surface area contributed by atoms with Gasteiger partial charge >= 0.3 is 0 Å². The van der Waals surface area contributed by atoms with Crippen molar-refractivity contribution in [2.45, 2.75) is 84.0 Å². The largest absolute Gasteiger partial charge is 0.457 e. The SMILES string of the molecule is CC(C)(C)c1ccnc(-n2c3ccc(C(C)(C)c4ccccc4)cc3c3ccc(Oc4cccc(N5CN(c6cc(C(C)(C)c7ccccc7)cc(C(C)(C)c7ccccc7)c6)c6ccccc65)c4)cc32)c1. The van der Waals surface area contributed by atoms with Gasteiger partial charge in [-0.25, -0.2) is 4.98 Å². The first-order valence-electron chi connectivity index (χ1n) is 25.4. The van der Waals surface area contributed by atoms with E-state index in [1.807, 2.05) is 6.20 Å². The zero-order chi connectivity index (χ0) is 50.0. The highest BCUT2D eigenvalue weighted by Crippen LogP contribution is 2.48.